The number of hydrogen-bond acceptors (Lipinski definition) is 5. The zero-order valence-corrected chi connectivity index (χ0v) is 18.9. The molecule has 2 aromatic rings. The summed E-state index contributed by atoms with van der Waals surface area (Å²) in [4.78, 5) is 10.1. The summed E-state index contributed by atoms with van der Waals surface area (Å²) < 4.78 is 33.0. The van der Waals surface area contributed by atoms with E-state index in [9.17, 15) is 23.1 Å². The Labute approximate surface area is 177 Å². The maximum Gasteiger partial charge on any atom is 0.357 e. The van der Waals surface area contributed by atoms with Crippen molar-refractivity contribution in [2.45, 2.75) is 45.4 Å². The van der Waals surface area contributed by atoms with Crippen LogP contribution < -0.4 is 21.2 Å². The molecule has 0 atom stereocenters. The van der Waals surface area contributed by atoms with Crippen LogP contribution in [0.25, 0.3) is 0 Å². The van der Waals surface area contributed by atoms with Crippen molar-refractivity contribution in [1.29, 1.82) is 0 Å². The molecule has 0 saturated carbocycles. The highest BCUT2D eigenvalue weighted by Gasteiger charge is 2.16. The minimum Gasteiger partial charge on any atom is -0.748 e. The van der Waals surface area contributed by atoms with E-state index in [1.54, 1.807) is 12.1 Å². The van der Waals surface area contributed by atoms with Gasteiger partial charge in [0.25, 0.3) is 5.69 Å². The summed E-state index contributed by atoms with van der Waals surface area (Å²) in [6.07, 6.45) is 5.96. The van der Waals surface area contributed by atoms with Gasteiger partial charge in [0.15, 0.2) is 7.14 Å². The molecular weight excluding hydrogens is 493 g/mol. The van der Waals surface area contributed by atoms with Crippen molar-refractivity contribution < 1.29 is 39.1 Å². The number of nitro groups is 1. The molecule has 0 fully saturated rings. The third-order valence-electron chi connectivity index (χ3n) is 3.74. The molecule has 0 spiro atoms. The van der Waals surface area contributed by atoms with Gasteiger partial charge in [-0.25, -0.2) is 8.42 Å². The normalized spacial score (nSPS) is 10.8. The van der Waals surface area contributed by atoms with Crippen molar-refractivity contribution in [3.05, 3.63) is 71.9 Å². The fraction of sp³-hybridized carbons (Fsp3) is 0.400. The number of non-ortho nitro benzene ring substituents is 1. The molecule has 0 unspecified atom stereocenters. The largest absolute Gasteiger partial charge is 0.748 e. The fourth-order valence-electron chi connectivity index (χ4n) is 2.29. The van der Waals surface area contributed by atoms with Crippen LogP contribution in [0.5, 0.6) is 0 Å². The van der Waals surface area contributed by atoms with Crippen LogP contribution in [0.3, 0.4) is 0 Å². The summed E-state index contributed by atoms with van der Waals surface area (Å²) in [7, 11) is -3.97. The van der Waals surface area contributed by atoms with Gasteiger partial charge in [-0.3, -0.25) is 10.1 Å². The van der Waals surface area contributed by atoms with E-state index in [4.69, 9.17) is 0 Å². The standard InChI is InChI=1S/C12H9INO2.C8H18O3S/c15-14(16)12-8-6-11(7-9-12)13-10-4-2-1-3-5-10;1-2-3-4-5-6-7-8-12(9,10)11/h1-9H;2-8H2,1H3,(H,9,10,11)/q+1;/p-1. The van der Waals surface area contributed by atoms with Crippen LogP contribution in [0.2, 0.25) is 0 Å². The maximum absolute atomic E-state index is 10.5. The number of unbranched alkanes of at least 4 members (excludes halogenated alkanes) is 5. The molecule has 0 aromatic heterocycles. The Bertz CT molecular complexity index is 795. The lowest BCUT2D eigenvalue weighted by molar-refractivity contribution is -0.597. The van der Waals surface area contributed by atoms with E-state index < -0.39 is 10.1 Å². The van der Waals surface area contributed by atoms with E-state index >= 15 is 0 Å². The Kier molecular flexibility index (Phi) is 11.9. The first-order chi connectivity index (χ1) is 13.3. The first kappa shape index (κ1) is 24.5. The molecule has 0 aliphatic carbocycles. The van der Waals surface area contributed by atoms with Crippen molar-refractivity contribution in [3.63, 3.8) is 0 Å². The fourth-order valence-corrected chi connectivity index (χ4v) is 5.06. The highest BCUT2D eigenvalue weighted by molar-refractivity contribution is 7.85. The number of rotatable bonds is 10. The van der Waals surface area contributed by atoms with Gasteiger partial charge in [0.05, 0.1) is 15.0 Å². The maximum atomic E-state index is 10.5. The van der Waals surface area contributed by atoms with Crippen molar-refractivity contribution in [2.75, 3.05) is 5.75 Å². The van der Waals surface area contributed by atoms with E-state index in [-0.39, 0.29) is 37.6 Å². The zero-order valence-electron chi connectivity index (χ0n) is 15.9. The Morgan fingerprint density at radius 1 is 0.857 bits per heavy atom. The first-order valence-electron chi connectivity index (χ1n) is 9.19. The van der Waals surface area contributed by atoms with Gasteiger partial charge < -0.3 is 4.55 Å². The third-order valence-corrected chi connectivity index (χ3v) is 7.21. The van der Waals surface area contributed by atoms with Crippen LogP contribution >= 0.6 is 0 Å². The molecule has 8 heteroatoms. The number of hydrogen-bond donors (Lipinski definition) is 0. The lowest BCUT2D eigenvalue weighted by atomic mass is 10.1. The number of halogens is 1. The van der Waals surface area contributed by atoms with Gasteiger partial charge in [0.1, 0.15) is 0 Å². The second kappa shape index (κ2) is 13.6. The summed E-state index contributed by atoms with van der Waals surface area (Å²) in [5.41, 5.74) is 0.154. The van der Waals surface area contributed by atoms with Gasteiger partial charge in [-0.15, -0.1) is 0 Å². The lowest BCUT2D eigenvalue weighted by Gasteiger charge is -2.05. The van der Waals surface area contributed by atoms with Gasteiger partial charge in [-0.05, 0) is 30.7 Å². The molecule has 0 N–H and O–H groups in total. The SMILES string of the molecule is CCCCCCCCS(=O)(=O)[O-].O=[N+]([O-])c1ccc([I+]c2ccccc2)cc1. The molecule has 28 heavy (non-hydrogen) atoms. The summed E-state index contributed by atoms with van der Waals surface area (Å²) >= 11 is -0.227. The number of nitrogens with zero attached hydrogens (tertiary/aromatic N) is 1. The Morgan fingerprint density at radius 2 is 1.39 bits per heavy atom. The van der Waals surface area contributed by atoms with Crippen LogP contribution in [-0.4, -0.2) is 23.6 Å². The Morgan fingerprint density at radius 3 is 1.93 bits per heavy atom. The van der Waals surface area contributed by atoms with Crippen molar-refractivity contribution in [3.8, 4) is 0 Å². The van der Waals surface area contributed by atoms with E-state index in [1.165, 1.54) is 20.0 Å². The van der Waals surface area contributed by atoms with Crippen LogP contribution in [0, 0.1) is 17.3 Å². The van der Waals surface area contributed by atoms with Gasteiger partial charge >= 0.3 is 21.2 Å². The predicted octanol–water partition coefficient (Wildman–Crippen LogP) is 1.62. The highest BCUT2D eigenvalue weighted by Crippen LogP contribution is 2.07. The first-order valence-corrected chi connectivity index (χ1v) is 12.9. The average Bonchev–Trinajstić information content (AvgIpc) is 2.65. The molecule has 0 amide bonds. The summed E-state index contributed by atoms with van der Waals surface area (Å²) in [5, 5.41) is 10.5. The van der Waals surface area contributed by atoms with E-state index in [2.05, 4.69) is 19.1 Å². The van der Waals surface area contributed by atoms with Gasteiger partial charge in [0.2, 0.25) is 0 Å². The molecule has 0 aliphatic heterocycles. The zero-order chi connectivity index (χ0) is 20.8. The average molecular weight is 519 g/mol. The monoisotopic (exact) mass is 519 g/mol. The Balaban J connectivity index is 0.000000295. The van der Waals surface area contributed by atoms with E-state index in [0.717, 1.165) is 19.3 Å². The number of benzene rings is 2. The van der Waals surface area contributed by atoms with Gasteiger partial charge in [-0.2, -0.15) is 0 Å². The summed E-state index contributed by atoms with van der Waals surface area (Å²) in [6.45, 7) is 2.13. The highest BCUT2D eigenvalue weighted by atomic mass is 127. The summed E-state index contributed by atoms with van der Waals surface area (Å²) in [6, 6.07) is 17.0. The van der Waals surface area contributed by atoms with E-state index in [0.29, 0.717) is 6.42 Å². The van der Waals surface area contributed by atoms with Gasteiger partial charge in [0, 0.05) is 17.9 Å². The van der Waals surface area contributed by atoms with Crippen molar-refractivity contribution in [2.24, 2.45) is 0 Å². The molecule has 2 rings (SSSR count). The quantitative estimate of drug-likeness (QED) is 0.156. The van der Waals surface area contributed by atoms with Crippen LogP contribution in [0.1, 0.15) is 45.4 Å². The Hall–Kier alpha value is -1.52. The van der Waals surface area contributed by atoms with Crippen LogP contribution in [0.15, 0.2) is 54.6 Å². The van der Waals surface area contributed by atoms with Crippen molar-refractivity contribution in [1.82, 2.24) is 0 Å². The molecular formula is C20H26INO5S. The summed E-state index contributed by atoms with van der Waals surface area (Å²) in [5.74, 6) is -0.195. The molecule has 0 aliphatic rings. The molecule has 0 saturated heterocycles. The minimum absolute atomic E-state index is 0.154. The lowest BCUT2D eigenvalue weighted by Crippen LogP contribution is -3.61. The molecule has 0 bridgehead atoms. The van der Waals surface area contributed by atoms with Gasteiger partial charge in [-0.1, -0.05) is 57.2 Å². The van der Waals surface area contributed by atoms with Crippen molar-refractivity contribution >= 4 is 15.8 Å². The smallest absolute Gasteiger partial charge is 0.357 e. The molecule has 0 radical (unpaired) electrons. The number of nitro benzene ring substituents is 1. The molecule has 2 aromatic carbocycles. The molecule has 6 nitrogen and oxygen atoms in total. The topological polar surface area (TPSA) is 100 Å². The minimum atomic E-state index is -3.97. The molecule has 154 valence electrons. The van der Waals surface area contributed by atoms with E-state index in [1.807, 2.05) is 30.3 Å². The second-order valence-corrected chi connectivity index (χ2v) is 10.7. The van der Waals surface area contributed by atoms with Crippen LogP contribution in [0.4, 0.5) is 5.69 Å². The van der Waals surface area contributed by atoms with Crippen LogP contribution in [-0.2, 0) is 10.1 Å². The third kappa shape index (κ3) is 12.0. The predicted molar refractivity (Wildman–Crippen MR) is 105 cm³/mol. The second-order valence-electron chi connectivity index (χ2n) is 6.15. The molecule has 0 heterocycles.